The van der Waals surface area contributed by atoms with E-state index in [9.17, 15) is 4.79 Å². The fourth-order valence-corrected chi connectivity index (χ4v) is 2.37. The van der Waals surface area contributed by atoms with Crippen LogP contribution in [0.3, 0.4) is 0 Å². The fraction of sp³-hybridized carbons (Fsp3) is 0.417. The Morgan fingerprint density at radius 2 is 2.38 bits per heavy atom. The Morgan fingerprint density at radius 3 is 3.06 bits per heavy atom. The van der Waals surface area contributed by atoms with Gasteiger partial charge in [0.25, 0.3) is 0 Å². The minimum atomic E-state index is -0.175. The van der Waals surface area contributed by atoms with E-state index >= 15 is 0 Å². The number of methoxy groups -OCH3 is 1. The van der Waals surface area contributed by atoms with Gasteiger partial charge in [-0.1, -0.05) is 11.6 Å². The molecule has 1 heterocycles. The molecule has 4 heteroatoms. The lowest BCUT2D eigenvalue weighted by molar-refractivity contribution is -0.140. The number of likely N-dealkylation sites (N-methyl/N-ethyl adjacent to an activating group) is 1. The maximum atomic E-state index is 11.3. The molecular weight excluding hydrogens is 226 g/mol. The Bertz CT molecular complexity index is 419. The van der Waals surface area contributed by atoms with E-state index in [1.165, 1.54) is 7.11 Å². The quantitative estimate of drug-likeness (QED) is 0.743. The van der Waals surface area contributed by atoms with Gasteiger partial charge in [0.1, 0.15) is 0 Å². The Kier molecular flexibility index (Phi) is 3.06. The molecule has 86 valence electrons. The molecule has 0 amide bonds. The van der Waals surface area contributed by atoms with E-state index in [2.05, 4.69) is 4.90 Å². The lowest BCUT2D eigenvalue weighted by atomic mass is 9.98. The largest absolute Gasteiger partial charge is 0.469 e. The average Bonchev–Trinajstić information content (AvgIpc) is 2.55. The molecule has 0 aliphatic carbocycles. The maximum Gasteiger partial charge on any atom is 0.306 e. The van der Waals surface area contributed by atoms with Crippen LogP contribution in [-0.2, 0) is 9.53 Å². The van der Waals surface area contributed by atoms with Crippen LogP contribution in [0.1, 0.15) is 17.9 Å². The molecule has 0 saturated heterocycles. The van der Waals surface area contributed by atoms with Crippen LogP contribution in [0.4, 0.5) is 5.69 Å². The molecule has 1 aliphatic heterocycles. The molecule has 0 saturated carbocycles. The Balaban J connectivity index is 2.27. The summed E-state index contributed by atoms with van der Waals surface area (Å²) in [5.74, 6) is 0.0115. The van der Waals surface area contributed by atoms with Crippen molar-refractivity contribution in [1.82, 2.24) is 0 Å². The van der Waals surface area contributed by atoms with Crippen LogP contribution in [0.2, 0.25) is 5.02 Å². The molecule has 1 aromatic rings. The summed E-state index contributed by atoms with van der Waals surface area (Å²) in [6, 6.07) is 5.81. The van der Waals surface area contributed by atoms with E-state index in [4.69, 9.17) is 16.3 Å². The standard InChI is InChI=1S/C12H14ClNO2/c1-14-7-8(5-12(15)16-2)10-6-9(13)3-4-11(10)14/h3-4,6,8H,5,7H2,1-2H3. The number of hydrogen-bond donors (Lipinski definition) is 0. The van der Waals surface area contributed by atoms with Crippen LogP contribution in [-0.4, -0.2) is 26.7 Å². The molecule has 1 aliphatic rings. The number of hydrogen-bond acceptors (Lipinski definition) is 3. The highest BCUT2D eigenvalue weighted by molar-refractivity contribution is 6.30. The number of carbonyl (C=O) groups excluding carboxylic acids is 1. The van der Waals surface area contributed by atoms with Gasteiger partial charge in [-0.3, -0.25) is 4.79 Å². The van der Waals surface area contributed by atoms with Gasteiger partial charge in [-0.15, -0.1) is 0 Å². The first kappa shape index (κ1) is 11.3. The number of benzene rings is 1. The molecule has 0 aromatic heterocycles. The third kappa shape index (κ3) is 2.00. The summed E-state index contributed by atoms with van der Waals surface area (Å²) < 4.78 is 4.70. The van der Waals surface area contributed by atoms with Crippen LogP contribution in [0.25, 0.3) is 0 Å². The minimum absolute atomic E-state index is 0.175. The molecule has 1 atom stereocenters. The van der Waals surface area contributed by atoms with E-state index in [0.29, 0.717) is 11.4 Å². The van der Waals surface area contributed by atoms with Crippen molar-refractivity contribution in [3.8, 4) is 0 Å². The summed E-state index contributed by atoms with van der Waals surface area (Å²) in [6.45, 7) is 0.838. The van der Waals surface area contributed by atoms with Gasteiger partial charge in [0.15, 0.2) is 0 Å². The van der Waals surface area contributed by atoms with Crippen molar-refractivity contribution >= 4 is 23.3 Å². The van der Waals surface area contributed by atoms with Crippen molar-refractivity contribution in [3.63, 3.8) is 0 Å². The van der Waals surface area contributed by atoms with Crippen LogP contribution >= 0.6 is 11.6 Å². The van der Waals surface area contributed by atoms with Crippen molar-refractivity contribution < 1.29 is 9.53 Å². The molecule has 0 radical (unpaired) electrons. The number of nitrogens with zero attached hydrogens (tertiary/aromatic N) is 1. The topological polar surface area (TPSA) is 29.5 Å². The Morgan fingerprint density at radius 1 is 1.62 bits per heavy atom. The van der Waals surface area contributed by atoms with Crippen molar-refractivity contribution in [2.45, 2.75) is 12.3 Å². The van der Waals surface area contributed by atoms with E-state index in [-0.39, 0.29) is 11.9 Å². The molecule has 1 unspecified atom stereocenters. The zero-order valence-corrected chi connectivity index (χ0v) is 10.1. The van der Waals surface area contributed by atoms with Crippen molar-refractivity contribution in [1.29, 1.82) is 0 Å². The van der Waals surface area contributed by atoms with E-state index in [1.54, 1.807) is 0 Å². The normalized spacial score (nSPS) is 18.4. The highest BCUT2D eigenvalue weighted by Gasteiger charge is 2.28. The molecule has 1 aromatic carbocycles. The number of ether oxygens (including phenoxy) is 1. The maximum absolute atomic E-state index is 11.3. The summed E-state index contributed by atoms with van der Waals surface area (Å²) >= 11 is 5.97. The van der Waals surface area contributed by atoms with E-state index < -0.39 is 0 Å². The second-order valence-electron chi connectivity index (χ2n) is 4.06. The molecule has 0 spiro atoms. The van der Waals surface area contributed by atoms with E-state index in [0.717, 1.165) is 17.8 Å². The monoisotopic (exact) mass is 239 g/mol. The molecule has 3 nitrogen and oxygen atoms in total. The summed E-state index contributed by atoms with van der Waals surface area (Å²) in [5.41, 5.74) is 2.29. The lowest BCUT2D eigenvalue weighted by Gasteiger charge is -2.11. The summed E-state index contributed by atoms with van der Waals surface area (Å²) in [6.07, 6.45) is 0.411. The zero-order valence-electron chi connectivity index (χ0n) is 9.37. The number of esters is 1. The highest BCUT2D eigenvalue weighted by atomic mass is 35.5. The molecular formula is C12H14ClNO2. The molecule has 0 fully saturated rings. The molecule has 16 heavy (non-hydrogen) atoms. The number of halogens is 1. The first-order valence-electron chi connectivity index (χ1n) is 5.19. The van der Waals surface area contributed by atoms with Crippen LogP contribution < -0.4 is 4.90 Å². The second kappa shape index (κ2) is 4.34. The van der Waals surface area contributed by atoms with Gasteiger partial charge in [0.2, 0.25) is 0 Å². The van der Waals surface area contributed by atoms with Gasteiger partial charge < -0.3 is 9.64 Å². The predicted molar refractivity (Wildman–Crippen MR) is 64.1 cm³/mol. The van der Waals surface area contributed by atoms with Gasteiger partial charge in [0.05, 0.1) is 13.5 Å². The van der Waals surface area contributed by atoms with Gasteiger partial charge in [-0.05, 0) is 23.8 Å². The summed E-state index contributed by atoms with van der Waals surface area (Å²) in [4.78, 5) is 13.4. The number of anilines is 1. The SMILES string of the molecule is COC(=O)CC1CN(C)c2ccc(Cl)cc21. The predicted octanol–water partition coefficient (Wildman–Crippen LogP) is 2.44. The van der Waals surface area contributed by atoms with Crippen LogP contribution in [0.15, 0.2) is 18.2 Å². The second-order valence-corrected chi connectivity index (χ2v) is 4.50. The van der Waals surface area contributed by atoms with Crippen molar-refractivity contribution in [2.75, 3.05) is 25.6 Å². The first-order valence-corrected chi connectivity index (χ1v) is 5.57. The Hall–Kier alpha value is -1.22. The first-order chi connectivity index (χ1) is 7.61. The van der Waals surface area contributed by atoms with Crippen molar-refractivity contribution in [3.05, 3.63) is 28.8 Å². The highest BCUT2D eigenvalue weighted by Crippen LogP contribution is 2.38. The lowest BCUT2D eigenvalue weighted by Crippen LogP contribution is -2.17. The number of rotatable bonds is 2. The fourth-order valence-electron chi connectivity index (χ4n) is 2.19. The summed E-state index contributed by atoms with van der Waals surface area (Å²) in [7, 11) is 3.43. The smallest absolute Gasteiger partial charge is 0.306 e. The van der Waals surface area contributed by atoms with E-state index in [1.807, 2.05) is 25.2 Å². The van der Waals surface area contributed by atoms with Crippen LogP contribution in [0, 0.1) is 0 Å². The van der Waals surface area contributed by atoms with Crippen molar-refractivity contribution in [2.24, 2.45) is 0 Å². The van der Waals surface area contributed by atoms with Gasteiger partial charge in [-0.25, -0.2) is 0 Å². The van der Waals surface area contributed by atoms with Gasteiger partial charge in [0, 0.05) is 30.2 Å². The minimum Gasteiger partial charge on any atom is -0.469 e. The average molecular weight is 240 g/mol. The zero-order chi connectivity index (χ0) is 11.7. The summed E-state index contributed by atoms with van der Waals surface area (Å²) in [5, 5.41) is 0.712. The number of fused-ring (bicyclic) bond motifs is 1. The third-order valence-electron chi connectivity index (χ3n) is 2.98. The molecule has 2 rings (SSSR count). The molecule has 0 N–H and O–H groups in total. The third-order valence-corrected chi connectivity index (χ3v) is 3.21. The number of carbonyl (C=O) groups is 1. The van der Waals surface area contributed by atoms with Gasteiger partial charge in [-0.2, -0.15) is 0 Å². The van der Waals surface area contributed by atoms with Gasteiger partial charge >= 0.3 is 5.97 Å². The molecule has 0 bridgehead atoms. The Labute approximate surface area is 100.0 Å². The van der Waals surface area contributed by atoms with Crippen LogP contribution in [0.5, 0.6) is 0 Å².